The molecule has 9 nitrogen and oxygen atoms in total. The lowest BCUT2D eigenvalue weighted by molar-refractivity contribution is -0.140. The van der Waals surface area contributed by atoms with Gasteiger partial charge in [-0.2, -0.15) is 0 Å². The lowest BCUT2D eigenvalue weighted by Crippen LogP contribution is -2.46. The fraction of sp³-hybridized carbons (Fsp3) is 0.280. The zero-order valence-corrected chi connectivity index (χ0v) is 20.4. The Morgan fingerprint density at radius 1 is 1.00 bits per heavy atom. The number of benzene rings is 2. The van der Waals surface area contributed by atoms with Crippen molar-refractivity contribution in [2.75, 3.05) is 39.2 Å². The minimum atomic E-state index is -0.332. The van der Waals surface area contributed by atoms with Crippen LogP contribution in [0.5, 0.6) is 11.5 Å². The quantitative estimate of drug-likeness (QED) is 0.485. The van der Waals surface area contributed by atoms with Gasteiger partial charge in [0, 0.05) is 37.5 Å². The highest BCUT2D eigenvalue weighted by molar-refractivity contribution is 7.80. The van der Waals surface area contributed by atoms with Crippen LogP contribution >= 0.6 is 12.2 Å². The number of hydrogen-bond donors (Lipinski definition) is 2. The summed E-state index contributed by atoms with van der Waals surface area (Å²) >= 11 is 5.33. The first-order valence-corrected chi connectivity index (χ1v) is 11.7. The van der Waals surface area contributed by atoms with Crippen LogP contribution in [0.25, 0.3) is 10.9 Å². The summed E-state index contributed by atoms with van der Waals surface area (Å²) < 4.78 is 10.8. The molecule has 2 N–H and O–H groups in total. The Bertz CT molecular complexity index is 1250. The number of thiocarbonyl (C=S) groups is 1. The number of ether oxygens (including phenoxy) is 2. The Morgan fingerprint density at radius 3 is 2.51 bits per heavy atom. The number of para-hydroxylation sites is 3. The fourth-order valence-corrected chi connectivity index (χ4v) is 4.17. The monoisotopic (exact) mass is 493 g/mol. The van der Waals surface area contributed by atoms with E-state index in [9.17, 15) is 9.59 Å². The number of nitrogens with one attached hydrogen (secondary N) is 2. The molecule has 1 fully saturated rings. The van der Waals surface area contributed by atoms with Gasteiger partial charge in [-0.15, -0.1) is 0 Å². The van der Waals surface area contributed by atoms with Crippen LogP contribution in [0.2, 0.25) is 0 Å². The van der Waals surface area contributed by atoms with Gasteiger partial charge in [-0.3, -0.25) is 14.6 Å². The van der Waals surface area contributed by atoms with Crippen molar-refractivity contribution in [1.82, 2.24) is 20.3 Å². The number of hydrogen-bond acceptors (Lipinski definition) is 6. The van der Waals surface area contributed by atoms with E-state index in [0.29, 0.717) is 48.2 Å². The molecule has 0 atom stereocenters. The van der Waals surface area contributed by atoms with Gasteiger partial charge in [-0.1, -0.05) is 24.3 Å². The molecule has 1 aliphatic rings. The topological polar surface area (TPSA) is 96.0 Å². The van der Waals surface area contributed by atoms with E-state index in [4.69, 9.17) is 21.7 Å². The van der Waals surface area contributed by atoms with E-state index in [1.165, 1.54) is 10.0 Å². The molecule has 0 bridgehead atoms. The molecule has 10 heteroatoms. The first kappa shape index (κ1) is 24.2. The smallest absolute Gasteiger partial charge is 0.291 e. The molecule has 2 amide bonds. The third-order valence-electron chi connectivity index (χ3n) is 5.65. The van der Waals surface area contributed by atoms with Crippen molar-refractivity contribution in [2.45, 2.75) is 12.8 Å². The molecule has 1 aliphatic heterocycles. The first-order valence-electron chi connectivity index (χ1n) is 11.3. The van der Waals surface area contributed by atoms with Gasteiger partial charge in [-0.05, 0) is 42.9 Å². The van der Waals surface area contributed by atoms with Crippen molar-refractivity contribution in [3.8, 4) is 11.5 Å². The van der Waals surface area contributed by atoms with E-state index < -0.39 is 0 Å². The number of methoxy groups -OCH3 is 2. The summed E-state index contributed by atoms with van der Waals surface area (Å²) in [6, 6.07) is 16.5. The molecular formula is C25H27N5O4S. The number of rotatable bonds is 7. The zero-order chi connectivity index (χ0) is 24.8. The number of hydrazine groups is 1. The molecule has 0 aliphatic carbocycles. The number of carbonyl (C=O) groups excluding carboxylic acids is 2. The summed E-state index contributed by atoms with van der Waals surface area (Å²) in [6.45, 7) is 1.24. The minimum Gasteiger partial charge on any atom is -0.496 e. The Morgan fingerprint density at radius 2 is 1.71 bits per heavy atom. The van der Waals surface area contributed by atoms with Crippen molar-refractivity contribution in [3.05, 3.63) is 60.3 Å². The van der Waals surface area contributed by atoms with E-state index in [-0.39, 0.29) is 23.9 Å². The average molecular weight is 494 g/mol. The number of nitrogens with zero attached hydrogens (tertiary/aromatic N) is 3. The van der Waals surface area contributed by atoms with Gasteiger partial charge in [0.15, 0.2) is 5.11 Å². The van der Waals surface area contributed by atoms with Gasteiger partial charge in [-0.25, -0.2) is 9.99 Å². The first-order chi connectivity index (χ1) is 17.0. The summed E-state index contributed by atoms with van der Waals surface area (Å²) in [5.41, 5.74) is 1.63. The summed E-state index contributed by atoms with van der Waals surface area (Å²) in [5.74, 6) is 0.728. The number of amides is 2. The highest BCUT2D eigenvalue weighted by Gasteiger charge is 2.32. The lowest BCUT2D eigenvalue weighted by atomic mass is 10.1. The van der Waals surface area contributed by atoms with Gasteiger partial charge in [0.2, 0.25) is 5.91 Å². The van der Waals surface area contributed by atoms with Crippen LogP contribution in [0.3, 0.4) is 0 Å². The van der Waals surface area contributed by atoms with Gasteiger partial charge in [0.25, 0.3) is 5.91 Å². The molecule has 1 aromatic heterocycles. The van der Waals surface area contributed by atoms with E-state index in [1.54, 1.807) is 20.3 Å². The highest BCUT2D eigenvalue weighted by atomic mass is 32.1. The largest absolute Gasteiger partial charge is 0.496 e. The van der Waals surface area contributed by atoms with Crippen molar-refractivity contribution in [3.63, 3.8) is 0 Å². The molecule has 0 radical (unpaired) electrons. The molecule has 2 aromatic carbocycles. The van der Waals surface area contributed by atoms with E-state index in [0.717, 1.165) is 11.1 Å². The second kappa shape index (κ2) is 11.0. The normalized spacial score (nSPS) is 13.0. The number of carbonyl (C=O) groups is 2. The lowest BCUT2D eigenvalue weighted by Gasteiger charge is -2.28. The Labute approximate surface area is 209 Å². The van der Waals surface area contributed by atoms with Crippen LogP contribution in [-0.4, -0.2) is 65.8 Å². The summed E-state index contributed by atoms with van der Waals surface area (Å²) in [4.78, 5) is 30.7. The molecule has 35 heavy (non-hydrogen) atoms. The molecule has 182 valence electrons. The SMILES string of the molecule is COc1ccccc1NC(=S)NCCC(=O)N1CCCN1C(=O)c1cc(OC)c2ccccc2n1. The van der Waals surface area contributed by atoms with Crippen LogP contribution in [0.1, 0.15) is 23.3 Å². The van der Waals surface area contributed by atoms with Crippen molar-refractivity contribution in [1.29, 1.82) is 0 Å². The number of fused-ring (bicyclic) bond motifs is 1. The Kier molecular flexibility index (Phi) is 7.61. The summed E-state index contributed by atoms with van der Waals surface area (Å²) in [5, 5.41) is 10.3. The number of anilines is 1. The molecule has 2 heterocycles. The molecule has 4 rings (SSSR count). The second-order valence-corrected chi connectivity index (χ2v) is 8.27. The maximum Gasteiger partial charge on any atom is 0.291 e. The van der Waals surface area contributed by atoms with Crippen LogP contribution in [-0.2, 0) is 4.79 Å². The summed E-state index contributed by atoms with van der Waals surface area (Å²) in [6.07, 6.45) is 0.870. The van der Waals surface area contributed by atoms with Crippen LogP contribution < -0.4 is 20.1 Å². The van der Waals surface area contributed by atoms with Crippen LogP contribution in [0.4, 0.5) is 5.69 Å². The average Bonchev–Trinajstić information content (AvgIpc) is 3.38. The second-order valence-electron chi connectivity index (χ2n) is 7.86. The fourth-order valence-electron chi connectivity index (χ4n) is 3.96. The van der Waals surface area contributed by atoms with Crippen LogP contribution in [0, 0.1) is 0 Å². The van der Waals surface area contributed by atoms with E-state index in [2.05, 4.69) is 15.6 Å². The highest BCUT2D eigenvalue weighted by Crippen LogP contribution is 2.26. The third kappa shape index (κ3) is 5.43. The molecule has 3 aromatic rings. The van der Waals surface area contributed by atoms with Crippen molar-refractivity contribution < 1.29 is 19.1 Å². The van der Waals surface area contributed by atoms with Crippen LogP contribution in [0.15, 0.2) is 54.6 Å². The van der Waals surface area contributed by atoms with Gasteiger partial charge >= 0.3 is 0 Å². The standard InChI is InChI=1S/C25H27N5O4S/c1-33-21-11-6-5-10-19(21)28-25(35)26-13-12-23(31)29-14-7-15-30(29)24(32)20-16-22(34-2)17-8-3-4-9-18(17)27-20/h3-6,8-11,16H,7,12-15H2,1-2H3,(H2,26,28,35). The van der Waals surface area contributed by atoms with E-state index >= 15 is 0 Å². The number of aromatic nitrogens is 1. The van der Waals surface area contributed by atoms with Gasteiger partial charge in [0.1, 0.15) is 17.2 Å². The Hall–Kier alpha value is -3.92. The molecular weight excluding hydrogens is 466 g/mol. The third-order valence-corrected chi connectivity index (χ3v) is 5.90. The maximum absolute atomic E-state index is 13.3. The minimum absolute atomic E-state index is 0.170. The zero-order valence-electron chi connectivity index (χ0n) is 19.6. The molecule has 0 unspecified atom stereocenters. The molecule has 0 saturated carbocycles. The van der Waals surface area contributed by atoms with Gasteiger partial charge < -0.3 is 20.1 Å². The van der Waals surface area contributed by atoms with Crippen molar-refractivity contribution in [2.24, 2.45) is 0 Å². The summed E-state index contributed by atoms with van der Waals surface area (Å²) in [7, 11) is 3.14. The predicted molar refractivity (Wildman–Crippen MR) is 137 cm³/mol. The maximum atomic E-state index is 13.3. The van der Waals surface area contributed by atoms with Gasteiger partial charge in [0.05, 0.1) is 25.4 Å². The van der Waals surface area contributed by atoms with E-state index in [1.807, 2.05) is 48.5 Å². The molecule has 1 saturated heterocycles. The number of pyridine rings is 1. The predicted octanol–water partition coefficient (Wildman–Crippen LogP) is 3.22. The Balaban J connectivity index is 1.37. The van der Waals surface area contributed by atoms with Crippen molar-refractivity contribution >= 4 is 45.7 Å². The molecule has 0 spiro atoms.